The van der Waals surface area contributed by atoms with Crippen molar-refractivity contribution in [1.82, 2.24) is 0 Å². The predicted octanol–water partition coefficient (Wildman–Crippen LogP) is 3.05. The topological polar surface area (TPSA) is 0 Å². The lowest BCUT2D eigenvalue weighted by Crippen LogP contribution is -2.10. The maximum atomic E-state index is 6.34. The molecule has 0 amide bonds. The Bertz CT molecular complexity index is 164. The summed E-state index contributed by atoms with van der Waals surface area (Å²) < 4.78 is 0. The summed E-state index contributed by atoms with van der Waals surface area (Å²) in [7, 11) is 0. The second kappa shape index (κ2) is 2.16. The van der Waals surface area contributed by atoms with E-state index < -0.39 is 0 Å². The molecule has 0 aromatic rings. The van der Waals surface area contributed by atoms with Crippen molar-refractivity contribution < 1.29 is 0 Å². The molecule has 3 unspecified atom stereocenters. The van der Waals surface area contributed by atoms with E-state index >= 15 is 0 Å². The Hall–Kier alpha value is 0.290. The fraction of sp³-hybridized carbons (Fsp3) is 1.00. The van der Waals surface area contributed by atoms with Crippen LogP contribution in [0, 0.1) is 23.7 Å². The number of hydrogen-bond donors (Lipinski definition) is 0. The SMILES string of the molecule is ClC1CC2CC3CC1CC3C2. The molecular formula is C10H15Cl. The molecule has 0 nitrogen and oxygen atoms in total. The first kappa shape index (κ1) is 6.77. The van der Waals surface area contributed by atoms with Crippen molar-refractivity contribution in [2.75, 3.05) is 0 Å². The van der Waals surface area contributed by atoms with Crippen molar-refractivity contribution in [3.05, 3.63) is 0 Å². The smallest absolute Gasteiger partial charge is 0.0367 e. The van der Waals surface area contributed by atoms with Gasteiger partial charge in [-0.05, 0) is 55.8 Å². The molecule has 0 radical (unpaired) electrons. The number of fused-ring (bicyclic) bond motifs is 1. The van der Waals surface area contributed by atoms with E-state index in [0.29, 0.717) is 5.38 Å². The van der Waals surface area contributed by atoms with E-state index in [0.717, 1.165) is 23.7 Å². The first-order valence-electron chi connectivity index (χ1n) is 4.97. The second-order valence-corrected chi connectivity index (χ2v) is 5.40. The molecule has 0 aliphatic heterocycles. The molecule has 0 aromatic heterocycles. The van der Waals surface area contributed by atoms with Gasteiger partial charge >= 0.3 is 0 Å². The average molecular weight is 171 g/mol. The van der Waals surface area contributed by atoms with E-state index in [1.165, 1.54) is 32.1 Å². The minimum atomic E-state index is 0.539. The van der Waals surface area contributed by atoms with E-state index in [1.807, 2.05) is 0 Å². The summed E-state index contributed by atoms with van der Waals surface area (Å²) in [6, 6.07) is 0. The number of rotatable bonds is 0. The molecule has 11 heavy (non-hydrogen) atoms. The van der Waals surface area contributed by atoms with Crippen LogP contribution in [-0.4, -0.2) is 5.38 Å². The van der Waals surface area contributed by atoms with Crippen LogP contribution in [-0.2, 0) is 0 Å². The third-order valence-corrected chi connectivity index (χ3v) is 4.75. The lowest BCUT2D eigenvalue weighted by Gasteiger charge is -2.14. The Balaban J connectivity index is 1.95. The Morgan fingerprint density at radius 2 is 1.36 bits per heavy atom. The lowest BCUT2D eigenvalue weighted by molar-refractivity contribution is 0.457. The van der Waals surface area contributed by atoms with Crippen LogP contribution < -0.4 is 0 Å². The summed E-state index contributed by atoms with van der Waals surface area (Å²) in [6.45, 7) is 0. The van der Waals surface area contributed by atoms with Gasteiger partial charge in [-0.2, -0.15) is 0 Å². The van der Waals surface area contributed by atoms with Crippen LogP contribution in [0.2, 0.25) is 0 Å². The Kier molecular flexibility index (Phi) is 1.33. The highest BCUT2D eigenvalue weighted by molar-refractivity contribution is 6.20. The van der Waals surface area contributed by atoms with Gasteiger partial charge < -0.3 is 0 Å². The Morgan fingerprint density at radius 3 is 2.00 bits per heavy atom. The van der Waals surface area contributed by atoms with Crippen molar-refractivity contribution >= 4 is 11.6 Å². The molecule has 4 rings (SSSR count). The van der Waals surface area contributed by atoms with Crippen LogP contribution in [0.5, 0.6) is 0 Å². The van der Waals surface area contributed by atoms with Crippen LogP contribution in [0.3, 0.4) is 0 Å². The summed E-state index contributed by atoms with van der Waals surface area (Å²) in [4.78, 5) is 0. The van der Waals surface area contributed by atoms with E-state index in [1.54, 1.807) is 0 Å². The number of hydrogen-bond acceptors (Lipinski definition) is 0. The standard InChI is InChI=1S/C10H15Cl/c11-10-3-6-1-7-4-9(10)5-8(7)2-6/h6-10H,1-5H2. The summed E-state index contributed by atoms with van der Waals surface area (Å²) >= 11 is 6.34. The Morgan fingerprint density at radius 1 is 0.727 bits per heavy atom. The lowest BCUT2D eigenvalue weighted by atomic mass is 10.0. The van der Waals surface area contributed by atoms with Crippen molar-refractivity contribution in [3.8, 4) is 0 Å². The summed E-state index contributed by atoms with van der Waals surface area (Å²) in [6.07, 6.45) is 7.30. The zero-order valence-corrected chi connectivity index (χ0v) is 7.56. The monoisotopic (exact) mass is 170 g/mol. The van der Waals surface area contributed by atoms with Crippen LogP contribution in [0.1, 0.15) is 32.1 Å². The molecule has 3 atom stereocenters. The molecule has 4 fully saturated rings. The van der Waals surface area contributed by atoms with E-state index in [2.05, 4.69) is 0 Å². The van der Waals surface area contributed by atoms with Gasteiger partial charge in [-0.25, -0.2) is 0 Å². The van der Waals surface area contributed by atoms with Crippen molar-refractivity contribution in [2.45, 2.75) is 37.5 Å². The molecule has 0 saturated heterocycles. The normalized spacial score (nSPS) is 60.3. The zero-order valence-electron chi connectivity index (χ0n) is 6.80. The summed E-state index contributed by atoms with van der Waals surface area (Å²) in [5.74, 6) is 4.10. The highest BCUT2D eigenvalue weighted by Crippen LogP contribution is 2.56. The van der Waals surface area contributed by atoms with Gasteiger partial charge in [0.2, 0.25) is 0 Å². The number of alkyl halides is 1. The number of halogens is 1. The van der Waals surface area contributed by atoms with E-state index in [4.69, 9.17) is 11.6 Å². The molecule has 0 spiro atoms. The van der Waals surface area contributed by atoms with Crippen molar-refractivity contribution in [3.63, 3.8) is 0 Å². The first-order valence-corrected chi connectivity index (χ1v) is 5.40. The molecule has 4 aliphatic rings. The molecule has 62 valence electrons. The molecule has 4 saturated carbocycles. The van der Waals surface area contributed by atoms with Gasteiger partial charge in [-0.15, -0.1) is 11.6 Å². The van der Waals surface area contributed by atoms with Crippen LogP contribution in [0.4, 0.5) is 0 Å². The van der Waals surface area contributed by atoms with Gasteiger partial charge in [0.15, 0.2) is 0 Å². The van der Waals surface area contributed by atoms with Crippen molar-refractivity contribution in [1.29, 1.82) is 0 Å². The highest BCUT2D eigenvalue weighted by atomic mass is 35.5. The van der Waals surface area contributed by atoms with Crippen LogP contribution in [0.25, 0.3) is 0 Å². The van der Waals surface area contributed by atoms with Gasteiger partial charge in [-0.1, -0.05) is 0 Å². The van der Waals surface area contributed by atoms with E-state index in [9.17, 15) is 0 Å². The van der Waals surface area contributed by atoms with Gasteiger partial charge in [0.05, 0.1) is 0 Å². The summed E-state index contributed by atoms with van der Waals surface area (Å²) in [5, 5.41) is 0.539. The molecular weight excluding hydrogens is 156 g/mol. The third-order valence-electron chi connectivity index (χ3n) is 4.22. The maximum Gasteiger partial charge on any atom is 0.0367 e. The Labute approximate surface area is 73.3 Å². The van der Waals surface area contributed by atoms with E-state index in [-0.39, 0.29) is 0 Å². The van der Waals surface area contributed by atoms with Gasteiger partial charge in [0.25, 0.3) is 0 Å². The van der Waals surface area contributed by atoms with Gasteiger partial charge in [0, 0.05) is 5.38 Å². The average Bonchev–Trinajstić information content (AvgIpc) is 2.33. The molecule has 4 aliphatic carbocycles. The minimum absolute atomic E-state index is 0.539. The quantitative estimate of drug-likeness (QED) is 0.491. The molecule has 0 N–H and O–H groups in total. The summed E-state index contributed by atoms with van der Waals surface area (Å²) in [5.41, 5.74) is 0. The molecule has 0 heterocycles. The largest absolute Gasteiger partial charge is 0.123 e. The first-order chi connectivity index (χ1) is 5.33. The highest BCUT2D eigenvalue weighted by Gasteiger charge is 2.47. The zero-order chi connectivity index (χ0) is 7.42. The second-order valence-electron chi connectivity index (χ2n) is 4.84. The fourth-order valence-electron chi connectivity index (χ4n) is 3.79. The molecule has 1 heteroatoms. The maximum absolute atomic E-state index is 6.34. The van der Waals surface area contributed by atoms with Crippen molar-refractivity contribution in [2.24, 2.45) is 23.7 Å². The third kappa shape index (κ3) is 0.884. The molecule has 0 aromatic carbocycles. The minimum Gasteiger partial charge on any atom is -0.123 e. The van der Waals surface area contributed by atoms with Crippen LogP contribution in [0.15, 0.2) is 0 Å². The van der Waals surface area contributed by atoms with Gasteiger partial charge in [-0.3, -0.25) is 0 Å². The molecule has 4 bridgehead atoms. The fourth-order valence-corrected chi connectivity index (χ4v) is 4.25. The van der Waals surface area contributed by atoms with Crippen LogP contribution >= 0.6 is 11.6 Å². The predicted molar refractivity (Wildman–Crippen MR) is 46.7 cm³/mol. The van der Waals surface area contributed by atoms with Gasteiger partial charge in [0.1, 0.15) is 0 Å².